The van der Waals surface area contributed by atoms with E-state index in [1.165, 1.54) is 0 Å². The molecular formula is C20H20N4O3. The van der Waals surface area contributed by atoms with Gasteiger partial charge >= 0.3 is 6.03 Å². The zero-order valence-electron chi connectivity index (χ0n) is 15.1. The fraction of sp³-hybridized carbons (Fsp3) is 0.150. The van der Waals surface area contributed by atoms with E-state index in [0.717, 1.165) is 11.5 Å². The minimum absolute atomic E-state index is 0.215. The Balaban J connectivity index is 1.53. The first kappa shape index (κ1) is 18.2. The number of oxazole rings is 1. The van der Waals surface area contributed by atoms with Crippen LogP contribution in [0.1, 0.15) is 27.7 Å². The Morgan fingerprint density at radius 1 is 0.926 bits per heavy atom. The van der Waals surface area contributed by atoms with Gasteiger partial charge in [0.05, 0.1) is 12.2 Å². The summed E-state index contributed by atoms with van der Waals surface area (Å²) in [4.78, 5) is 28.4. The lowest BCUT2D eigenvalue weighted by atomic mass is 10.2. The van der Waals surface area contributed by atoms with Crippen molar-refractivity contribution in [2.45, 2.75) is 20.4 Å². The van der Waals surface area contributed by atoms with Gasteiger partial charge in [-0.15, -0.1) is 0 Å². The van der Waals surface area contributed by atoms with Gasteiger partial charge in [-0.05, 0) is 50.2 Å². The van der Waals surface area contributed by atoms with Gasteiger partial charge in [0, 0.05) is 16.9 Å². The molecule has 0 aliphatic carbocycles. The summed E-state index contributed by atoms with van der Waals surface area (Å²) in [5.74, 6) is 0.960. The summed E-state index contributed by atoms with van der Waals surface area (Å²) in [5.41, 5.74) is 2.56. The van der Waals surface area contributed by atoms with E-state index >= 15 is 0 Å². The van der Waals surface area contributed by atoms with Crippen molar-refractivity contribution < 1.29 is 14.0 Å². The number of urea groups is 1. The second kappa shape index (κ2) is 8.18. The molecule has 7 nitrogen and oxygen atoms in total. The van der Waals surface area contributed by atoms with Gasteiger partial charge in [-0.3, -0.25) is 4.79 Å². The topological polar surface area (TPSA) is 96.3 Å². The summed E-state index contributed by atoms with van der Waals surface area (Å²) in [6.07, 6.45) is 0. The third-order valence-electron chi connectivity index (χ3n) is 3.91. The van der Waals surface area contributed by atoms with E-state index in [-0.39, 0.29) is 18.5 Å². The molecule has 7 heteroatoms. The average Bonchev–Trinajstić information content (AvgIpc) is 2.99. The highest BCUT2D eigenvalue weighted by molar-refractivity contribution is 6.00. The Kier molecular flexibility index (Phi) is 5.51. The molecule has 27 heavy (non-hydrogen) atoms. The van der Waals surface area contributed by atoms with Crippen LogP contribution in [0.5, 0.6) is 0 Å². The predicted octanol–water partition coefficient (Wildman–Crippen LogP) is 3.87. The maximum atomic E-state index is 12.2. The van der Waals surface area contributed by atoms with Crippen molar-refractivity contribution in [3.05, 3.63) is 77.5 Å². The number of para-hydroxylation sites is 1. The number of hydrogen-bond donors (Lipinski definition) is 3. The quantitative estimate of drug-likeness (QED) is 0.640. The van der Waals surface area contributed by atoms with Crippen molar-refractivity contribution in [3.63, 3.8) is 0 Å². The molecule has 0 spiro atoms. The average molecular weight is 364 g/mol. The van der Waals surface area contributed by atoms with E-state index in [9.17, 15) is 9.59 Å². The van der Waals surface area contributed by atoms with Gasteiger partial charge in [-0.1, -0.05) is 18.2 Å². The Morgan fingerprint density at radius 3 is 2.15 bits per heavy atom. The SMILES string of the molecule is Cc1nc(CNC(=O)c2ccc(NC(=O)Nc3ccccc3)cc2)oc1C. The lowest BCUT2D eigenvalue weighted by Gasteiger charge is -2.08. The van der Waals surface area contributed by atoms with Gasteiger partial charge in [0.15, 0.2) is 0 Å². The number of aromatic nitrogens is 1. The molecule has 3 N–H and O–H groups in total. The molecule has 2 aromatic carbocycles. The first-order chi connectivity index (χ1) is 13.0. The third-order valence-corrected chi connectivity index (χ3v) is 3.91. The number of carbonyl (C=O) groups excluding carboxylic acids is 2. The van der Waals surface area contributed by atoms with Crippen LogP contribution in [-0.4, -0.2) is 16.9 Å². The largest absolute Gasteiger partial charge is 0.444 e. The van der Waals surface area contributed by atoms with Gasteiger partial charge in [-0.2, -0.15) is 0 Å². The monoisotopic (exact) mass is 364 g/mol. The molecule has 0 aliphatic rings. The molecular weight excluding hydrogens is 344 g/mol. The molecule has 3 aromatic rings. The molecule has 0 atom stereocenters. The Bertz CT molecular complexity index is 914. The van der Waals surface area contributed by atoms with Gasteiger partial charge in [0.1, 0.15) is 5.76 Å². The zero-order chi connectivity index (χ0) is 19.2. The summed E-state index contributed by atoms with van der Waals surface area (Å²) >= 11 is 0. The maximum absolute atomic E-state index is 12.2. The number of nitrogens with one attached hydrogen (secondary N) is 3. The number of carbonyl (C=O) groups is 2. The molecule has 0 saturated heterocycles. The molecule has 1 heterocycles. The summed E-state index contributed by atoms with van der Waals surface area (Å²) < 4.78 is 5.43. The molecule has 3 amide bonds. The van der Waals surface area contributed by atoms with Gasteiger partial charge < -0.3 is 20.4 Å². The number of hydrogen-bond acceptors (Lipinski definition) is 4. The van der Waals surface area contributed by atoms with Crippen LogP contribution in [0.4, 0.5) is 16.2 Å². The van der Waals surface area contributed by atoms with E-state index in [0.29, 0.717) is 22.8 Å². The number of amides is 3. The second-order valence-corrected chi connectivity index (χ2v) is 5.95. The zero-order valence-corrected chi connectivity index (χ0v) is 15.1. The molecule has 0 aliphatic heterocycles. The first-order valence-electron chi connectivity index (χ1n) is 8.45. The molecule has 138 valence electrons. The molecule has 3 rings (SSSR count). The number of aryl methyl sites for hydroxylation is 2. The fourth-order valence-corrected chi connectivity index (χ4v) is 2.39. The summed E-state index contributed by atoms with van der Waals surface area (Å²) in [7, 11) is 0. The van der Waals surface area contributed by atoms with Crippen LogP contribution >= 0.6 is 0 Å². The highest BCUT2D eigenvalue weighted by Crippen LogP contribution is 2.12. The van der Waals surface area contributed by atoms with E-state index in [4.69, 9.17) is 4.42 Å². The lowest BCUT2D eigenvalue weighted by Crippen LogP contribution is -2.23. The van der Waals surface area contributed by atoms with E-state index in [2.05, 4.69) is 20.9 Å². The lowest BCUT2D eigenvalue weighted by molar-refractivity contribution is 0.0947. The molecule has 0 radical (unpaired) electrons. The van der Waals surface area contributed by atoms with Gasteiger partial charge in [0.25, 0.3) is 5.91 Å². The molecule has 0 bridgehead atoms. The second-order valence-electron chi connectivity index (χ2n) is 5.95. The summed E-state index contributed by atoms with van der Waals surface area (Å²) in [6.45, 7) is 3.89. The number of anilines is 2. The number of rotatable bonds is 5. The Labute approximate surface area is 156 Å². The minimum atomic E-state index is -0.354. The molecule has 0 unspecified atom stereocenters. The predicted molar refractivity (Wildman–Crippen MR) is 103 cm³/mol. The Hall–Kier alpha value is -3.61. The fourth-order valence-electron chi connectivity index (χ4n) is 2.39. The standard InChI is InChI=1S/C20H20N4O3/c1-13-14(2)27-18(22-13)12-21-19(25)15-8-10-17(11-9-15)24-20(26)23-16-6-4-3-5-7-16/h3-11H,12H2,1-2H3,(H,21,25)(H2,23,24,26). The number of nitrogens with zero attached hydrogens (tertiary/aromatic N) is 1. The van der Waals surface area contributed by atoms with Crippen molar-refractivity contribution in [3.8, 4) is 0 Å². The minimum Gasteiger partial charge on any atom is -0.444 e. The van der Waals surface area contributed by atoms with Crippen LogP contribution in [-0.2, 0) is 6.54 Å². The van der Waals surface area contributed by atoms with Gasteiger partial charge in [-0.25, -0.2) is 9.78 Å². The van der Waals surface area contributed by atoms with Crippen LogP contribution in [0.15, 0.2) is 59.0 Å². The van der Waals surface area contributed by atoms with Crippen molar-refractivity contribution >= 4 is 23.3 Å². The Morgan fingerprint density at radius 2 is 1.56 bits per heavy atom. The summed E-state index contributed by atoms with van der Waals surface area (Å²) in [6, 6.07) is 15.4. The number of benzene rings is 2. The van der Waals surface area contributed by atoms with Crippen molar-refractivity contribution in [2.75, 3.05) is 10.6 Å². The van der Waals surface area contributed by atoms with Crippen LogP contribution in [0.25, 0.3) is 0 Å². The summed E-state index contributed by atoms with van der Waals surface area (Å²) in [5, 5.41) is 8.20. The van der Waals surface area contributed by atoms with E-state index in [1.807, 2.05) is 32.0 Å². The third kappa shape index (κ3) is 4.94. The first-order valence-corrected chi connectivity index (χ1v) is 8.45. The van der Waals surface area contributed by atoms with Crippen molar-refractivity contribution in [2.24, 2.45) is 0 Å². The van der Waals surface area contributed by atoms with Gasteiger partial charge in [0.2, 0.25) is 5.89 Å². The molecule has 1 aromatic heterocycles. The van der Waals surface area contributed by atoms with Crippen molar-refractivity contribution in [1.82, 2.24) is 10.3 Å². The van der Waals surface area contributed by atoms with Crippen LogP contribution < -0.4 is 16.0 Å². The molecule has 0 fully saturated rings. The smallest absolute Gasteiger partial charge is 0.323 e. The van der Waals surface area contributed by atoms with E-state index in [1.54, 1.807) is 36.4 Å². The normalized spacial score (nSPS) is 10.3. The van der Waals surface area contributed by atoms with E-state index < -0.39 is 0 Å². The van der Waals surface area contributed by atoms with Crippen LogP contribution in [0.3, 0.4) is 0 Å². The van der Waals surface area contributed by atoms with Crippen molar-refractivity contribution in [1.29, 1.82) is 0 Å². The molecule has 0 saturated carbocycles. The van der Waals surface area contributed by atoms with Crippen LogP contribution in [0, 0.1) is 13.8 Å². The maximum Gasteiger partial charge on any atom is 0.323 e. The van der Waals surface area contributed by atoms with Crippen LogP contribution in [0.2, 0.25) is 0 Å². The highest BCUT2D eigenvalue weighted by Gasteiger charge is 2.10. The highest BCUT2D eigenvalue weighted by atomic mass is 16.4.